The number of benzene rings is 3. The molecule has 0 amide bonds. The van der Waals surface area contributed by atoms with Crippen LogP contribution in [0.15, 0.2) is 71.6 Å². The number of nitrogens with zero attached hydrogens (tertiary/aromatic N) is 1. The highest BCUT2D eigenvalue weighted by molar-refractivity contribution is 7.99. The summed E-state index contributed by atoms with van der Waals surface area (Å²) in [6.45, 7) is 6.86. The van der Waals surface area contributed by atoms with Gasteiger partial charge in [0, 0.05) is 41.0 Å². The van der Waals surface area contributed by atoms with Crippen LogP contribution in [0, 0.1) is 0 Å². The molecule has 204 valence electrons. The van der Waals surface area contributed by atoms with E-state index in [9.17, 15) is 9.50 Å². The first-order chi connectivity index (χ1) is 18.9. The molecule has 0 saturated carbocycles. The van der Waals surface area contributed by atoms with Crippen molar-refractivity contribution in [3.05, 3.63) is 89.0 Å². The molecular weight excluding hydrogens is 507 g/mol. The van der Waals surface area contributed by atoms with Crippen molar-refractivity contribution in [2.24, 2.45) is 0 Å². The molecule has 6 rings (SSSR count). The van der Waals surface area contributed by atoms with Crippen molar-refractivity contribution in [1.82, 2.24) is 4.90 Å². The molecule has 3 heterocycles. The van der Waals surface area contributed by atoms with Crippen LogP contribution in [0.25, 0.3) is 5.57 Å². The van der Waals surface area contributed by atoms with Gasteiger partial charge in [-0.1, -0.05) is 30.3 Å². The van der Waals surface area contributed by atoms with Gasteiger partial charge in [0.1, 0.15) is 17.6 Å². The number of phenolic OH excluding ortho intramolecular Hbond substituents is 1. The maximum Gasteiger partial charge on any atom is 0.119 e. The summed E-state index contributed by atoms with van der Waals surface area (Å²) in [6, 6.07) is 21.0. The normalized spacial score (nSPS) is 22.0. The number of aromatic hydroxyl groups is 1. The fourth-order valence-electron chi connectivity index (χ4n) is 6.10. The van der Waals surface area contributed by atoms with Crippen LogP contribution in [0.5, 0.6) is 11.5 Å². The van der Waals surface area contributed by atoms with Crippen molar-refractivity contribution >= 4 is 23.0 Å². The summed E-state index contributed by atoms with van der Waals surface area (Å²) in [7, 11) is 0. The molecule has 0 aliphatic carbocycles. The van der Waals surface area contributed by atoms with E-state index in [2.05, 4.69) is 72.6 Å². The number of likely N-dealkylation sites (tertiary alicyclic amines) is 1. The number of nitrogens with one attached hydrogen (secondary N) is 1. The summed E-state index contributed by atoms with van der Waals surface area (Å²) >= 11 is 1.83. The Morgan fingerprint density at radius 3 is 2.77 bits per heavy atom. The second-order valence-electron chi connectivity index (χ2n) is 11.6. The summed E-state index contributed by atoms with van der Waals surface area (Å²) in [6.07, 6.45) is 6.01. The lowest BCUT2D eigenvalue weighted by Gasteiger charge is -2.17. The second-order valence-corrected chi connectivity index (χ2v) is 12.9. The molecule has 4 nitrogen and oxygen atoms in total. The third-order valence-corrected chi connectivity index (χ3v) is 9.31. The van der Waals surface area contributed by atoms with E-state index in [-0.39, 0.29) is 23.6 Å². The average Bonchev–Trinajstić information content (AvgIpc) is 3.43. The zero-order valence-electron chi connectivity index (χ0n) is 22.8. The van der Waals surface area contributed by atoms with E-state index in [1.54, 1.807) is 6.07 Å². The van der Waals surface area contributed by atoms with Crippen molar-refractivity contribution < 1.29 is 14.2 Å². The molecule has 1 fully saturated rings. The SMILES string of the molecule is CC1(C)Cc2cc(C3CC=C(c4ccc(O[C@H]5CCN(CCCF)C5)cc4)c4ccc(O)cc4S3)ccc2N1. The van der Waals surface area contributed by atoms with E-state index in [4.69, 9.17) is 4.74 Å². The summed E-state index contributed by atoms with van der Waals surface area (Å²) in [5, 5.41) is 14.2. The number of allylic oxidation sites excluding steroid dienone is 1. The van der Waals surface area contributed by atoms with E-state index in [1.807, 2.05) is 23.9 Å². The Balaban J connectivity index is 1.22. The van der Waals surface area contributed by atoms with Crippen molar-refractivity contribution in [2.45, 2.75) is 61.3 Å². The van der Waals surface area contributed by atoms with Crippen LogP contribution in [0.1, 0.15) is 60.6 Å². The van der Waals surface area contributed by atoms with E-state index in [0.29, 0.717) is 12.2 Å². The molecule has 3 aliphatic heterocycles. The third-order valence-electron chi connectivity index (χ3n) is 7.97. The van der Waals surface area contributed by atoms with Gasteiger partial charge in [-0.05, 0) is 104 Å². The van der Waals surface area contributed by atoms with Crippen LogP contribution in [-0.2, 0) is 6.42 Å². The quantitative estimate of drug-likeness (QED) is 0.320. The summed E-state index contributed by atoms with van der Waals surface area (Å²) in [5.74, 6) is 1.17. The Kier molecular flexibility index (Phi) is 7.34. The number of hydrogen-bond acceptors (Lipinski definition) is 5. The lowest BCUT2D eigenvalue weighted by molar-refractivity contribution is 0.198. The summed E-state index contributed by atoms with van der Waals surface area (Å²) in [5.41, 5.74) is 7.52. The molecule has 2 atom stereocenters. The molecule has 3 aromatic carbocycles. The number of fused-ring (bicyclic) bond motifs is 2. The Morgan fingerprint density at radius 2 is 1.95 bits per heavy atom. The number of ether oxygens (including phenoxy) is 1. The predicted octanol–water partition coefficient (Wildman–Crippen LogP) is 7.62. The highest BCUT2D eigenvalue weighted by Crippen LogP contribution is 2.48. The number of rotatable bonds is 7. The zero-order valence-corrected chi connectivity index (χ0v) is 23.6. The average molecular weight is 545 g/mol. The van der Waals surface area contributed by atoms with E-state index >= 15 is 0 Å². The van der Waals surface area contributed by atoms with Crippen LogP contribution < -0.4 is 10.1 Å². The lowest BCUT2D eigenvalue weighted by atomic mass is 9.95. The van der Waals surface area contributed by atoms with Crippen LogP contribution in [0.2, 0.25) is 0 Å². The highest BCUT2D eigenvalue weighted by Gasteiger charge is 2.29. The Hall–Kier alpha value is -2.96. The molecular formula is C33H37FN2O2S. The van der Waals surface area contributed by atoms with Gasteiger partial charge in [-0.15, -0.1) is 11.8 Å². The summed E-state index contributed by atoms with van der Waals surface area (Å²) < 4.78 is 18.8. The molecule has 6 heteroatoms. The molecule has 2 N–H and O–H groups in total. The highest BCUT2D eigenvalue weighted by atomic mass is 32.2. The number of phenols is 1. The van der Waals surface area contributed by atoms with Crippen LogP contribution in [0.4, 0.5) is 10.1 Å². The van der Waals surface area contributed by atoms with Gasteiger partial charge in [0.15, 0.2) is 0 Å². The smallest absolute Gasteiger partial charge is 0.119 e. The van der Waals surface area contributed by atoms with Crippen molar-refractivity contribution in [3.8, 4) is 11.5 Å². The van der Waals surface area contributed by atoms with Gasteiger partial charge in [-0.2, -0.15) is 0 Å². The lowest BCUT2D eigenvalue weighted by Crippen LogP contribution is -2.26. The molecule has 0 spiro atoms. The van der Waals surface area contributed by atoms with E-state index in [0.717, 1.165) is 60.7 Å². The van der Waals surface area contributed by atoms with Gasteiger partial charge in [-0.3, -0.25) is 9.29 Å². The van der Waals surface area contributed by atoms with Gasteiger partial charge in [-0.25, -0.2) is 0 Å². The van der Waals surface area contributed by atoms with Gasteiger partial charge >= 0.3 is 0 Å². The minimum atomic E-state index is -0.259. The number of halogens is 1. The summed E-state index contributed by atoms with van der Waals surface area (Å²) in [4.78, 5) is 3.38. The number of hydrogen-bond donors (Lipinski definition) is 2. The van der Waals surface area contributed by atoms with Crippen molar-refractivity contribution in [3.63, 3.8) is 0 Å². The van der Waals surface area contributed by atoms with Gasteiger partial charge in [0.05, 0.1) is 6.67 Å². The molecule has 3 aromatic rings. The van der Waals surface area contributed by atoms with Crippen LogP contribution in [-0.4, -0.2) is 48.0 Å². The van der Waals surface area contributed by atoms with Crippen LogP contribution in [0.3, 0.4) is 0 Å². The largest absolute Gasteiger partial charge is 0.508 e. The Bertz CT molecular complexity index is 1370. The van der Waals surface area contributed by atoms with Crippen LogP contribution >= 0.6 is 11.8 Å². The maximum absolute atomic E-state index is 12.5. The first kappa shape index (κ1) is 26.3. The molecule has 39 heavy (non-hydrogen) atoms. The fourth-order valence-corrected chi connectivity index (χ4v) is 7.37. The van der Waals surface area contributed by atoms with E-state index < -0.39 is 0 Å². The number of anilines is 1. The van der Waals surface area contributed by atoms with Crippen molar-refractivity contribution in [2.75, 3.05) is 31.6 Å². The fraction of sp³-hybridized carbons (Fsp3) is 0.394. The molecule has 1 unspecified atom stereocenters. The maximum atomic E-state index is 12.5. The first-order valence-corrected chi connectivity index (χ1v) is 14.9. The van der Waals surface area contributed by atoms with Gasteiger partial charge in [0.25, 0.3) is 0 Å². The standard InChI is InChI=1S/C33H37FN2O2S/c1-33(2)20-24-18-23(6-12-30(24)35-33)31-13-11-28(29-10-7-25(37)19-32(29)39-31)22-4-8-26(9-5-22)38-27-14-17-36(21-27)16-3-15-34/h4-12,18-19,27,31,35,37H,3,13-17,20-21H2,1-2H3/t27-,31?/m0/s1. The van der Waals surface area contributed by atoms with E-state index in [1.165, 1.54) is 22.4 Å². The molecule has 0 aromatic heterocycles. The van der Waals surface area contributed by atoms with Gasteiger partial charge < -0.3 is 15.2 Å². The number of thioether (sulfide) groups is 1. The minimum absolute atomic E-state index is 0.0887. The Morgan fingerprint density at radius 1 is 1.10 bits per heavy atom. The molecule has 1 saturated heterocycles. The molecule has 3 aliphatic rings. The second kappa shape index (κ2) is 10.9. The van der Waals surface area contributed by atoms with Gasteiger partial charge in [0.2, 0.25) is 0 Å². The topological polar surface area (TPSA) is 44.7 Å². The van der Waals surface area contributed by atoms with Crippen molar-refractivity contribution in [1.29, 1.82) is 0 Å². The zero-order chi connectivity index (χ0) is 27.0. The number of alkyl halides is 1. The monoisotopic (exact) mass is 544 g/mol. The predicted molar refractivity (Wildman–Crippen MR) is 159 cm³/mol. The first-order valence-electron chi connectivity index (χ1n) is 14.0. The molecule has 0 radical (unpaired) electrons. The minimum Gasteiger partial charge on any atom is -0.508 e. The molecule has 0 bridgehead atoms. The third kappa shape index (κ3) is 5.82. The Labute approximate surface area is 235 Å².